The second-order valence-electron chi connectivity index (χ2n) is 3.96. The van der Waals surface area contributed by atoms with Gasteiger partial charge in [0.25, 0.3) is 0 Å². The van der Waals surface area contributed by atoms with Crippen LogP contribution in [0.15, 0.2) is 12.2 Å². The Bertz CT molecular complexity index is 155. The van der Waals surface area contributed by atoms with Gasteiger partial charge in [-0.25, -0.2) is 0 Å². The SMILES string of the molecule is C1=CCC2(CC1)CCNCC2.CC. The van der Waals surface area contributed by atoms with Crippen molar-refractivity contribution in [3.63, 3.8) is 0 Å². The molecule has 1 heteroatoms. The molecule has 1 heterocycles. The molecule has 1 spiro atoms. The van der Waals surface area contributed by atoms with Crippen molar-refractivity contribution in [2.75, 3.05) is 13.1 Å². The van der Waals surface area contributed by atoms with Crippen LogP contribution in [-0.2, 0) is 0 Å². The lowest BCUT2D eigenvalue weighted by Crippen LogP contribution is -2.37. The molecular weight excluding hydrogens is 158 g/mol. The molecule has 2 rings (SSSR count). The fourth-order valence-corrected chi connectivity index (χ4v) is 2.35. The maximum absolute atomic E-state index is 3.43. The monoisotopic (exact) mass is 181 g/mol. The van der Waals surface area contributed by atoms with Gasteiger partial charge in [0.15, 0.2) is 0 Å². The van der Waals surface area contributed by atoms with Gasteiger partial charge in [0.2, 0.25) is 0 Å². The van der Waals surface area contributed by atoms with Gasteiger partial charge in [-0.3, -0.25) is 0 Å². The van der Waals surface area contributed by atoms with Gasteiger partial charge in [0, 0.05) is 0 Å². The van der Waals surface area contributed by atoms with Crippen LogP contribution in [0.4, 0.5) is 0 Å². The van der Waals surface area contributed by atoms with Gasteiger partial charge >= 0.3 is 0 Å². The van der Waals surface area contributed by atoms with Gasteiger partial charge in [0.05, 0.1) is 0 Å². The van der Waals surface area contributed by atoms with Crippen molar-refractivity contribution in [3.05, 3.63) is 12.2 Å². The second kappa shape index (κ2) is 5.43. The minimum absolute atomic E-state index is 0.708. The Morgan fingerprint density at radius 2 is 1.69 bits per heavy atom. The number of rotatable bonds is 0. The van der Waals surface area contributed by atoms with Crippen LogP contribution >= 0.6 is 0 Å². The summed E-state index contributed by atoms with van der Waals surface area (Å²) in [6, 6.07) is 0. The van der Waals surface area contributed by atoms with Gasteiger partial charge in [0.1, 0.15) is 0 Å². The molecule has 13 heavy (non-hydrogen) atoms. The van der Waals surface area contributed by atoms with Gasteiger partial charge in [-0.15, -0.1) is 0 Å². The maximum Gasteiger partial charge on any atom is -0.00435 e. The Kier molecular flexibility index (Phi) is 4.51. The summed E-state index contributed by atoms with van der Waals surface area (Å²) in [5.41, 5.74) is 0.708. The minimum atomic E-state index is 0.708. The molecule has 2 aliphatic rings. The Balaban J connectivity index is 0.000000396. The Morgan fingerprint density at radius 1 is 1.00 bits per heavy atom. The van der Waals surface area contributed by atoms with E-state index in [0.29, 0.717) is 5.41 Å². The summed E-state index contributed by atoms with van der Waals surface area (Å²) >= 11 is 0. The summed E-state index contributed by atoms with van der Waals surface area (Å²) in [6.45, 7) is 6.49. The summed E-state index contributed by atoms with van der Waals surface area (Å²) in [5, 5.41) is 3.43. The molecule has 0 bridgehead atoms. The predicted octanol–water partition coefficient (Wildman–Crippen LogP) is 3.12. The summed E-state index contributed by atoms with van der Waals surface area (Å²) in [5.74, 6) is 0. The molecule has 1 N–H and O–H groups in total. The smallest absolute Gasteiger partial charge is 0.00435 e. The van der Waals surface area contributed by atoms with E-state index in [4.69, 9.17) is 0 Å². The molecule has 1 nitrogen and oxygen atoms in total. The van der Waals surface area contributed by atoms with Gasteiger partial charge in [-0.05, 0) is 50.6 Å². The zero-order valence-corrected chi connectivity index (χ0v) is 9.10. The van der Waals surface area contributed by atoms with E-state index in [0.717, 1.165) is 0 Å². The van der Waals surface area contributed by atoms with E-state index in [1.807, 2.05) is 13.8 Å². The number of piperidine rings is 1. The van der Waals surface area contributed by atoms with Crippen LogP contribution in [0.1, 0.15) is 46.0 Å². The lowest BCUT2D eigenvalue weighted by molar-refractivity contribution is 0.182. The summed E-state index contributed by atoms with van der Waals surface area (Å²) in [7, 11) is 0. The zero-order valence-electron chi connectivity index (χ0n) is 9.10. The third kappa shape index (κ3) is 2.84. The first-order valence-electron chi connectivity index (χ1n) is 5.77. The normalized spacial score (nSPS) is 25.1. The van der Waals surface area contributed by atoms with E-state index in [-0.39, 0.29) is 0 Å². The zero-order chi connectivity index (χ0) is 9.57. The highest BCUT2D eigenvalue weighted by atomic mass is 14.9. The predicted molar refractivity (Wildman–Crippen MR) is 58.9 cm³/mol. The van der Waals surface area contributed by atoms with E-state index in [1.165, 1.54) is 45.2 Å². The highest BCUT2D eigenvalue weighted by Crippen LogP contribution is 2.40. The second-order valence-corrected chi connectivity index (χ2v) is 3.96. The van der Waals surface area contributed by atoms with Crippen molar-refractivity contribution in [2.45, 2.75) is 46.0 Å². The molecule has 0 aromatic carbocycles. The van der Waals surface area contributed by atoms with Crippen LogP contribution in [0, 0.1) is 5.41 Å². The molecule has 1 fully saturated rings. The molecule has 1 aliphatic carbocycles. The molecule has 0 unspecified atom stereocenters. The van der Waals surface area contributed by atoms with Crippen molar-refractivity contribution in [3.8, 4) is 0 Å². The van der Waals surface area contributed by atoms with E-state index < -0.39 is 0 Å². The summed E-state index contributed by atoms with van der Waals surface area (Å²) in [6.07, 6.45) is 11.6. The molecular formula is C12H23N. The van der Waals surface area contributed by atoms with Gasteiger partial charge < -0.3 is 5.32 Å². The average molecular weight is 181 g/mol. The van der Waals surface area contributed by atoms with Crippen molar-refractivity contribution in [1.29, 1.82) is 0 Å². The van der Waals surface area contributed by atoms with Gasteiger partial charge in [-0.2, -0.15) is 0 Å². The van der Waals surface area contributed by atoms with Crippen LogP contribution < -0.4 is 5.32 Å². The van der Waals surface area contributed by atoms with Crippen molar-refractivity contribution >= 4 is 0 Å². The minimum Gasteiger partial charge on any atom is -0.317 e. The van der Waals surface area contributed by atoms with Crippen LogP contribution in [-0.4, -0.2) is 13.1 Å². The highest BCUT2D eigenvalue weighted by Gasteiger charge is 2.31. The number of nitrogens with one attached hydrogen (secondary N) is 1. The molecule has 1 aliphatic heterocycles. The largest absolute Gasteiger partial charge is 0.317 e. The lowest BCUT2D eigenvalue weighted by atomic mass is 9.71. The lowest BCUT2D eigenvalue weighted by Gasteiger charge is -2.38. The molecule has 0 aromatic rings. The average Bonchev–Trinajstić information content (AvgIpc) is 2.23. The highest BCUT2D eigenvalue weighted by molar-refractivity contribution is 4.99. The first kappa shape index (κ1) is 10.8. The standard InChI is InChI=1S/C10H17N.C2H6/c1-2-4-10(5-3-1)6-8-11-9-7-10;1-2/h1-2,11H,3-9H2;1-2H3. The molecule has 0 radical (unpaired) electrons. The molecule has 0 saturated carbocycles. The maximum atomic E-state index is 3.43. The number of hydrogen-bond donors (Lipinski definition) is 1. The molecule has 0 amide bonds. The summed E-state index contributed by atoms with van der Waals surface area (Å²) < 4.78 is 0. The molecule has 1 saturated heterocycles. The van der Waals surface area contributed by atoms with Crippen LogP contribution in [0.25, 0.3) is 0 Å². The Morgan fingerprint density at radius 3 is 2.23 bits per heavy atom. The van der Waals surface area contributed by atoms with E-state index in [9.17, 15) is 0 Å². The molecule has 76 valence electrons. The van der Waals surface area contributed by atoms with Crippen molar-refractivity contribution in [2.24, 2.45) is 5.41 Å². The summed E-state index contributed by atoms with van der Waals surface area (Å²) in [4.78, 5) is 0. The first-order valence-corrected chi connectivity index (χ1v) is 5.77. The van der Waals surface area contributed by atoms with Crippen LogP contribution in [0.3, 0.4) is 0 Å². The molecule has 0 atom stereocenters. The first-order chi connectivity index (χ1) is 6.41. The third-order valence-electron chi connectivity index (χ3n) is 3.22. The van der Waals surface area contributed by atoms with E-state index in [1.54, 1.807) is 0 Å². The number of hydrogen-bond acceptors (Lipinski definition) is 1. The van der Waals surface area contributed by atoms with Crippen LogP contribution in [0.2, 0.25) is 0 Å². The topological polar surface area (TPSA) is 12.0 Å². The van der Waals surface area contributed by atoms with Crippen LogP contribution in [0.5, 0.6) is 0 Å². The number of allylic oxidation sites excluding steroid dienone is 2. The third-order valence-corrected chi connectivity index (χ3v) is 3.22. The fourth-order valence-electron chi connectivity index (χ4n) is 2.35. The fraction of sp³-hybridized carbons (Fsp3) is 0.833. The van der Waals surface area contributed by atoms with Gasteiger partial charge in [-0.1, -0.05) is 26.0 Å². The van der Waals surface area contributed by atoms with E-state index in [2.05, 4.69) is 17.5 Å². The van der Waals surface area contributed by atoms with Crippen molar-refractivity contribution < 1.29 is 0 Å². The Labute approximate surface area is 82.6 Å². The molecule has 0 aromatic heterocycles. The van der Waals surface area contributed by atoms with E-state index >= 15 is 0 Å². The van der Waals surface area contributed by atoms with Crippen molar-refractivity contribution in [1.82, 2.24) is 5.32 Å². The Hall–Kier alpha value is -0.300. The quantitative estimate of drug-likeness (QED) is 0.566.